The van der Waals surface area contributed by atoms with Gasteiger partial charge in [0.1, 0.15) is 5.75 Å². The van der Waals surface area contributed by atoms with Crippen molar-refractivity contribution in [3.63, 3.8) is 0 Å². The minimum Gasteiger partial charge on any atom is -0.492 e. The predicted octanol–water partition coefficient (Wildman–Crippen LogP) is 3.09. The normalized spacial score (nSPS) is 25.8. The minimum absolute atomic E-state index is 0.0988. The highest BCUT2D eigenvalue weighted by Crippen LogP contribution is 2.47. The second-order valence-corrected chi connectivity index (χ2v) is 5.47. The van der Waals surface area contributed by atoms with Gasteiger partial charge in [-0.25, -0.2) is 0 Å². The summed E-state index contributed by atoms with van der Waals surface area (Å²) in [4.78, 5) is 0. The van der Waals surface area contributed by atoms with E-state index in [4.69, 9.17) is 22.1 Å². The van der Waals surface area contributed by atoms with Crippen LogP contribution < -0.4 is 10.5 Å². The Morgan fingerprint density at radius 1 is 1.44 bits per heavy atom. The quantitative estimate of drug-likeness (QED) is 0.858. The highest BCUT2D eigenvalue weighted by molar-refractivity contribution is 6.32. The number of halogens is 1. The summed E-state index contributed by atoms with van der Waals surface area (Å²) in [5.41, 5.74) is 7.54. The summed E-state index contributed by atoms with van der Waals surface area (Å²) in [5.74, 6) is 1.40. The van der Waals surface area contributed by atoms with Gasteiger partial charge in [-0.2, -0.15) is 0 Å². The molecule has 1 unspecified atom stereocenters. The Morgan fingerprint density at radius 3 is 3.00 bits per heavy atom. The fourth-order valence-corrected chi connectivity index (χ4v) is 2.76. The van der Waals surface area contributed by atoms with Gasteiger partial charge < -0.3 is 10.5 Å². The molecule has 0 saturated heterocycles. The van der Waals surface area contributed by atoms with Crippen molar-refractivity contribution in [2.45, 2.75) is 37.1 Å². The van der Waals surface area contributed by atoms with Gasteiger partial charge >= 0.3 is 0 Å². The summed E-state index contributed by atoms with van der Waals surface area (Å²) in [6, 6.07) is 6.01. The van der Waals surface area contributed by atoms with Gasteiger partial charge in [-0.3, -0.25) is 0 Å². The van der Waals surface area contributed by atoms with Crippen molar-refractivity contribution in [2.75, 3.05) is 6.61 Å². The third-order valence-corrected chi connectivity index (χ3v) is 3.99. The van der Waals surface area contributed by atoms with Gasteiger partial charge in [0.15, 0.2) is 0 Å². The Morgan fingerprint density at radius 2 is 2.25 bits per heavy atom. The van der Waals surface area contributed by atoms with Crippen molar-refractivity contribution in [3.05, 3.63) is 28.8 Å². The van der Waals surface area contributed by atoms with Gasteiger partial charge in [-0.05, 0) is 43.2 Å². The minimum atomic E-state index is 0.0988. The van der Waals surface area contributed by atoms with Crippen LogP contribution in [-0.4, -0.2) is 12.1 Å². The first kappa shape index (κ1) is 10.4. The molecule has 1 aliphatic heterocycles. The topological polar surface area (TPSA) is 35.2 Å². The van der Waals surface area contributed by atoms with E-state index >= 15 is 0 Å². The molecule has 1 heterocycles. The Bertz CT molecular complexity index is 414. The average Bonchev–Trinajstić information content (AvgIpc) is 2.98. The van der Waals surface area contributed by atoms with E-state index in [2.05, 4.69) is 6.07 Å². The van der Waals surface area contributed by atoms with Gasteiger partial charge in [-0.1, -0.05) is 23.7 Å². The molecule has 1 saturated carbocycles. The summed E-state index contributed by atoms with van der Waals surface area (Å²) < 4.78 is 5.65. The van der Waals surface area contributed by atoms with Crippen LogP contribution >= 0.6 is 11.6 Å². The largest absolute Gasteiger partial charge is 0.492 e. The molecule has 86 valence electrons. The number of hydrogen-bond acceptors (Lipinski definition) is 2. The first-order valence-electron chi connectivity index (χ1n) is 5.88. The molecule has 2 nitrogen and oxygen atoms in total. The molecule has 0 bridgehead atoms. The van der Waals surface area contributed by atoms with Crippen LogP contribution in [0.3, 0.4) is 0 Å². The molecule has 1 aliphatic carbocycles. The smallest absolute Gasteiger partial charge is 0.141 e. The Labute approximate surface area is 101 Å². The van der Waals surface area contributed by atoms with Crippen LogP contribution in [0.15, 0.2) is 18.2 Å². The van der Waals surface area contributed by atoms with E-state index in [9.17, 15) is 0 Å². The molecule has 0 aromatic heterocycles. The molecule has 1 aromatic carbocycles. The van der Waals surface area contributed by atoms with Crippen LogP contribution in [0.2, 0.25) is 5.02 Å². The second-order valence-electron chi connectivity index (χ2n) is 5.06. The van der Waals surface area contributed by atoms with Gasteiger partial charge in [0, 0.05) is 5.54 Å². The van der Waals surface area contributed by atoms with E-state index in [1.165, 1.54) is 18.4 Å². The molecule has 2 aliphatic rings. The lowest BCUT2D eigenvalue weighted by Crippen LogP contribution is -2.27. The maximum atomic E-state index is 6.20. The van der Waals surface area contributed by atoms with E-state index in [0.717, 1.165) is 30.2 Å². The van der Waals surface area contributed by atoms with Crippen molar-refractivity contribution >= 4 is 11.6 Å². The molecule has 1 atom stereocenters. The van der Waals surface area contributed by atoms with Crippen molar-refractivity contribution in [1.29, 1.82) is 0 Å². The third kappa shape index (κ3) is 1.80. The monoisotopic (exact) mass is 237 g/mol. The van der Waals surface area contributed by atoms with Gasteiger partial charge in [0.25, 0.3) is 0 Å². The van der Waals surface area contributed by atoms with E-state index in [0.29, 0.717) is 5.92 Å². The number of fused-ring (bicyclic) bond motifs is 1. The summed E-state index contributed by atoms with van der Waals surface area (Å²) >= 11 is 6.14. The summed E-state index contributed by atoms with van der Waals surface area (Å²) in [7, 11) is 0. The number of hydrogen-bond donors (Lipinski definition) is 1. The molecular formula is C13H16ClNO. The van der Waals surface area contributed by atoms with Crippen molar-refractivity contribution in [1.82, 2.24) is 0 Å². The van der Waals surface area contributed by atoms with Crippen LogP contribution in [-0.2, 0) is 0 Å². The van der Waals surface area contributed by atoms with Crippen molar-refractivity contribution in [2.24, 2.45) is 5.73 Å². The maximum Gasteiger partial charge on any atom is 0.141 e. The first-order chi connectivity index (χ1) is 7.68. The lowest BCUT2D eigenvalue weighted by atomic mass is 9.87. The summed E-state index contributed by atoms with van der Waals surface area (Å²) in [6.45, 7) is 0.761. The predicted molar refractivity (Wildman–Crippen MR) is 65.1 cm³/mol. The molecule has 0 amide bonds. The SMILES string of the molecule is NC1(CC2CCOc3c(Cl)cccc32)CC1. The van der Waals surface area contributed by atoms with E-state index in [-0.39, 0.29) is 5.54 Å². The molecule has 1 aromatic rings. The van der Waals surface area contributed by atoms with E-state index in [1.807, 2.05) is 12.1 Å². The summed E-state index contributed by atoms with van der Waals surface area (Å²) in [5, 5.41) is 0.726. The van der Waals surface area contributed by atoms with E-state index in [1.54, 1.807) is 0 Å². The lowest BCUT2D eigenvalue weighted by molar-refractivity contribution is 0.257. The number of ether oxygens (including phenoxy) is 1. The molecule has 0 radical (unpaired) electrons. The Kier molecular flexibility index (Phi) is 2.37. The molecular weight excluding hydrogens is 222 g/mol. The molecule has 3 rings (SSSR count). The van der Waals surface area contributed by atoms with Crippen LogP contribution in [0.1, 0.15) is 37.2 Å². The second kappa shape index (κ2) is 3.64. The maximum absolute atomic E-state index is 6.20. The van der Waals surface area contributed by atoms with Crippen molar-refractivity contribution in [3.8, 4) is 5.75 Å². The first-order valence-corrected chi connectivity index (χ1v) is 6.26. The third-order valence-electron chi connectivity index (χ3n) is 3.70. The molecule has 1 fully saturated rings. The highest BCUT2D eigenvalue weighted by Gasteiger charge is 2.41. The van der Waals surface area contributed by atoms with E-state index < -0.39 is 0 Å². The number of nitrogens with two attached hydrogens (primary N) is 1. The molecule has 3 heteroatoms. The number of para-hydroxylation sites is 1. The highest BCUT2D eigenvalue weighted by atomic mass is 35.5. The van der Waals surface area contributed by atoms with Crippen LogP contribution in [0.4, 0.5) is 0 Å². The van der Waals surface area contributed by atoms with Crippen LogP contribution in [0.25, 0.3) is 0 Å². The number of rotatable bonds is 2. The fraction of sp³-hybridized carbons (Fsp3) is 0.538. The Balaban J connectivity index is 1.90. The Hall–Kier alpha value is -0.730. The van der Waals surface area contributed by atoms with Gasteiger partial charge in [0.2, 0.25) is 0 Å². The zero-order chi connectivity index (χ0) is 11.2. The zero-order valence-corrected chi connectivity index (χ0v) is 9.96. The summed E-state index contributed by atoms with van der Waals surface area (Å²) in [6.07, 6.45) is 4.47. The molecule has 16 heavy (non-hydrogen) atoms. The van der Waals surface area contributed by atoms with Gasteiger partial charge in [0.05, 0.1) is 11.6 Å². The standard InChI is InChI=1S/C13H16ClNO/c14-11-3-1-2-10-9(4-7-16-12(10)11)8-13(15)5-6-13/h1-3,9H,4-8,15H2. The fourth-order valence-electron chi connectivity index (χ4n) is 2.53. The molecule has 0 spiro atoms. The van der Waals surface area contributed by atoms with Crippen LogP contribution in [0.5, 0.6) is 5.75 Å². The zero-order valence-electron chi connectivity index (χ0n) is 9.21. The van der Waals surface area contributed by atoms with Gasteiger partial charge in [-0.15, -0.1) is 0 Å². The molecule has 2 N–H and O–H groups in total. The lowest BCUT2D eigenvalue weighted by Gasteiger charge is -2.28. The average molecular weight is 238 g/mol. The van der Waals surface area contributed by atoms with Crippen molar-refractivity contribution < 1.29 is 4.74 Å². The number of benzene rings is 1. The van der Waals surface area contributed by atoms with Crippen LogP contribution in [0, 0.1) is 0 Å².